The van der Waals surface area contributed by atoms with Gasteiger partial charge in [0, 0.05) is 6.54 Å². The third kappa shape index (κ3) is 3.95. The zero-order valence-corrected chi connectivity index (χ0v) is 11.4. The van der Waals surface area contributed by atoms with Gasteiger partial charge in [-0.1, -0.05) is 19.8 Å². The lowest BCUT2D eigenvalue weighted by Gasteiger charge is -2.16. The molecule has 0 aromatic heterocycles. The summed E-state index contributed by atoms with van der Waals surface area (Å²) >= 11 is 0. The van der Waals surface area contributed by atoms with Crippen molar-refractivity contribution in [1.82, 2.24) is 5.32 Å². The average Bonchev–Trinajstić information content (AvgIpc) is 2.73. The van der Waals surface area contributed by atoms with Crippen molar-refractivity contribution in [3.63, 3.8) is 0 Å². The second kappa shape index (κ2) is 6.12. The van der Waals surface area contributed by atoms with Gasteiger partial charge in [-0.25, -0.2) is 4.39 Å². The third-order valence-corrected chi connectivity index (χ3v) is 4.06. The van der Waals surface area contributed by atoms with E-state index in [2.05, 4.69) is 12.2 Å². The fraction of sp³-hybridized carbons (Fsp3) is 0.600. The van der Waals surface area contributed by atoms with Gasteiger partial charge in [-0.15, -0.1) is 0 Å². The molecular weight excluding hydrogens is 270 g/mol. The van der Waals surface area contributed by atoms with Gasteiger partial charge in [0.15, 0.2) is 0 Å². The van der Waals surface area contributed by atoms with Crippen LogP contribution in [0.3, 0.4) is 0 Å². The Hall–Kier alpha value is -1.10. The minimum absolute atomic E-state index is 0.268. The van der Waals surface area contributed by atoms with E-state index in [1.54, 1.807) is 0 Å². The van der Waals surface area contributed by atoms with Crippen LogP contribution in [0.4, 0.5) is 17.6 Å². The molecule has 2 unspecified atom stereocenters. The normalized spacial score (nSPS) is 23.2. The van der Waals surface area contributed by atoms with Crippen LogP contribution in [0.15, 0.2) is 18.2 Å². The molecule has 20 heavy (non-hydrogen) atoms. The van der Waals surface area contributed by atoms with Gasteiger partial charge < -0.3 is 5.32 Å². The van der Waals surface area contributed by atoms with Crippen molar-refractivity contribution in [2.24, 2.45) is 11.8 Å². The molecule has 0 saturated heterocycles. The van der Waals surface area contributed by atoms with Gasteiger partial charge in [-0.3, -0.25) is 0 Å². The molecule has 2 rings (SSSR count). The minimum atomic E-state index is -4.50. The highest BCUT2D eigenvalue weighted by Gasteiger charge is 2.31. The lowest BCUT2D eigenvalue weighted by Crippen LogP contribution is -2.24. The summed E-state index contributed by atoms with van der Waals surface area (Å²) in [6.07, 6.45) is -0.918. The van der Waals surface area contributed by atoms with Gasteiger partial charge in [-0.2, -0.15) is 13.2 Å². The molecule has 1 N–H and O–H groups in total. The maximum atomic E-state index is 13.2. The fourth-order valence-electron chi connectivity index (χ4n) is 2.84. The minimum Gasteiger partial charge on any atom is -0.312 e. The van der Waals surface area contributed by atoms with Crippen LogP contribution in [-0.2, 0) is 12.7 Å². The Labute approximate surface area is 116 Å². The van der Waals surface area contributed by atoms with Gasteiger partial charge in [0.25, 0.3) is 0 Å². The number of alkyl halides is 3. The van der Waals surface area contributed by atoms with Crippen LogP contribution >= 0.6 is 0 Å². The quantitative estimate of drug-likeness (QED) is 0.812. The molecule has 0 spiro atoms. The molecular formula is C15H19F4N. The lowest BCUT2D eigenvalue weighted by atomic mass is 9.98. The number of hydrogen-bond acceptors (Lipinski definition) is 1. The topological polar surface area (TPSA) is 12.0 Å². The number of hydrogen-bond donors (Lipinski definition) is 1. The maximum absolute atomic E-state index is 13.2. The maximum Gasteiger partial charge on any atom is 0.416 e. The summed E-state index contributed by atoms with van der Waals surface area (Å²) in [4.78, 5) is 0. The van der Waals surface area contributed by atoms with Crippen LogP contribution in [0, 0.1) is 17.7 Å². The standard InChI is InChI=1S/C15H19F4N/c1-10-3-2-4-12(10)9-20-8-11-5-13(15(17,18)19)7-14(16)6-11/h5-7,10,12,20H,2-4,8-9H2,1H3. The van der Waals surface area contributed by atoms with E-state index in [0.717, 1.165) is 25.1 Å². The summed E-state index contributed by atoms with van der Waals surface area (Å²) in [5.41, 5.74) is -0.591. The van der Waals surface area contributed by atoms with Gasteiger partial charge >= 0.3 is 6.18 Å². The van der Waals surface area contributed by atoms with E-state index in [9.17, 15) is 17.6 Å². The van der Waals surface area contributed by atoms with E-state index in [4.69, 9.17) is 0 Å². The Morgan fingerprint density at radius 1 is 1.20 bits per heavy atom. The van der Waals surface area contributed by atoms with E-state index in [-0.39, 0.29) is 6.54 Å². The molecule has 1 saturated carbocycles. The molecule has 1 aromatic carbocycles. The van der Waals surface area contributed by atoms with Gasteiger partial charge in [-0.05, 0) is 48.6 Å². The van der Waals surface area contributed by atoms with E-state index in [0.29, 0.717) is 23.5 Å². The summed E-state index contributed by atoms with van der Waals surface area (Å²) in [6.45, 7) is 3.24. The zero-order chi connectivity index (χ0) is 14.8. The predicted octanol–water partition coefficient (Wildman–Crippen LogP) is 4.37. The zero-order valence-electron chi connectivity index (χ0n) is 11.4. The Bertz CT molecular complexity index is 456. The molecule has 0 bridgehead atoms. The molecule has 1 fully saturated rings. The van der Waals surface area contributed by atoms with Crippen LogP contribution in [-0.4, -0.2) is 6.54 Å². The highest BCUT2D eigenvalue weighted by molar-refractivity contribution is 5.26. The summed E-state index contributed by atoms with van der Waals surface area (Å²) in [5.74, 6) is 0.386. The van der Waals surface area contributed by atoms with Crippen molar-refractivity contribution in [2.45, 2.75) is 38.9 Å². The Kier molecular flexibility index (Phi) is 4.68. The molecule has 5 heteroatoms. The molecule has 112 valence electrons. The number of halogens is 4. The molecule has 1 aromatic rings. The van der Waals surface area contributed by atoms with Crippen LogP contribution in [0.2, 0.25) is 0 Å². The Balaban J connectivity index is 1.94. The monoisotopic (exact) mass is 289 g/mol. The van der Waals surface area contributed by atoms with Crippen LogP contribution < -0.4 is 5.32 Å². The number of rotatable bonds is 4. The predicted molar refractivity (Wildman–Crippen MR) is 69.6 cm³/mol. The van der Waals surface area contributed by atoms with Crippen LogP contribution in [0.25, 0.3) is 0 Å². The fourth-order valence-corrected chi connectivity index (χ4v) is 2.84. The van der Waals surface area contributed by atoms with E-state index < -0.39 is 17.6 Å². The highest BCUT2D eigenvalue weighted by atomic mass is 19.4. The molecule has 1 nitrogen and oxygen atoms in total. The first kappa shape index (κ1) is 15.3. The summed E-state index contributed by atoms with van der Waals surface area (Å²) < 4.78 is 51.0. The summed E-state index contributed by atoms with van der Waals surface area (Å²) in [7, 11) is 0. The number of benzene rings is 1. The van der Waals surface area contributed by atoms with Crippen LogP contribution in [0.1, 0.15) is 37.3 Å². The smallest absolute Gasteiger partial charge is 0.312 e. The van der Waals surface area contributed by atoms with E-state index >= 15 is 0 Å². The Morgan fingerprint density at radius 3 is 2.55 bits per heavy atom. The first-order valence-corrected chi connectivity index (χ1v) is 6.93. The molecule has 1 aliphatic carbocycles. The van der Waals surface area contributed by atoms with Crippen LogP contribution in [0.5, 0.6) is 0 Å². The third-order valence-electron chi connectivity index (χ3n) is 4.06. The second-order valence-corrected chi connectivity index (χ2v) is 5.65. The molecule has 0 heterocycles. The first-order chi connectivity index (χ1) is 9.36. The molecule has 0 aliphatic heterocycles. The first-order valence-electron chi connectivity index (χ1n) is 6.93. The van der Waals surface area contributed by atoms with Crippen molar-refractivity contribution in [1.29, 1.82) is 0 Å². The van der Waals surface area contributed by atoms with Crippen molar-refractivity contribution < 1.29 is 17.6 Å². The summed E-state index contributed by atoms with van der Waals surface area (Å²) in [5, 5.41) is 3.15. The van der Waals surface area contributed by atoms with Gasteiger partial charge in [0.2, 0.25) is 0 Å². The molecule has 2 atom stereocenters. The Morgan fingerprint density at radius 2 is 1.95 bits per heavy atom. The lowest BCUT2D eigenvalue weighted by molar-refractivity contribution is -0.137. The van der Waals surface area contributed by atoms with Crippen molar-refractivity contribution >= 4 is 0 Å². The largest absolute Gasteiger partial charge is 0.416 e. The van der Waals surface area contributed by atoms with Crippen molar-refractivity contribution in [3.05, 3.63) is 35.1 Å². The van der Waals surface area contributed by atoms with E-state index in [1.165, 1.54) is 12.8 Å². The highest BCUT2D eigenvalue weighted by Crippen LogP contribution is 2.31. The van der Waals surface area contributed by atoms with E-state index in [1.807, 2.05) is 0 Å². The molecule has 0 radical (unpaired) electrons. The molecule has 0 amide bonds. The summed E-state index contributed by atoms with van der Waals surface area (Å²) in [6, 6.07) is 2.69. The van der Waals surface area contributed by atoms with Gasteiger partial charge in [0.05, 0.1) is 5.56 Å². The average molecular weight is 289 g/mol. The second-order valence-electron chi connectivity index (χ2n) is 5.65. The van der Waals surface area contributed by atoms with Gasteiger partial charge in [0.1, 0.15) is 5.82 Å². The number of nitrogens with one attached hydrogen (secondary N) is 1. The molecule has 1 aliphatic rings. The van der Waals surface area contributed by atoms with Crippen molar-refractivity contribution in [3.8, 4) is 0 Å². The SMILES string of the molecule is CC1CCCC1CNCc1cc(F)cc(C(F)(F)F)c1. The van der Waals surface area contributed by atoms with Crippen molar-refractivity contribution in [2.75, 3.05) is 6.54 Å².